The lowest BCUT2D eigenvalue weighted by Crippen LogP contribution is -2.22. The number of aliphatic hydroxyl groups excluding tert-OH is 1. The standard InChI is InChI=1S/C10H14N4O3S/c1-17-6(5-15)2-3-14-8-7(18-10(14)16)4-12-9(11)13-8/h4,6,15H,2-3,5H2,1H3,(H2,11,12,13). The van der Waals surface area contributed by atoms with Gasteiger partial charge in [-0.3, -0.25) is 9.36 Å². The maximum absolute atomic E-state index is 11.8. The Bertz CT molecular complexity index is 590. The first-order valence-corrected chi connectivity index (χ1v) is 6.23. The fraction of sp³-hybridized carbons (Fsp3) is 0.500. The third kappa shape index (κ3) is 2.50. The van der Waals surface area contributed by atoms with E-state index in [1.54, 1.807) is 6.20 Å². The Morgan fingerprint density at radius 1 is 1.67 bits per heavy atom. The van der Waals surface area contributed by atoms with Gasteiger partial charge in [0.1, 0.15) is 0 Å². The number of aliphatic hydroxyl groups is 1. The first-order valence-electron chi connectivity index (χ1n) is 5.41. The Kier molecular flexibility index (Phi) is 3.90. The van der Waals surface area contributed by atoms with E-state index in [0.29, 0.717) is 23.3 Å². The molecule has 0 saturated heterocycles. The number of rotatable bonds is 5. The molecule has 2 aromatic rings. The lowest BCUT2D eigenvalue weighted by Gasteiger charge is -2.12. The van der Waals surface area contributed by atoms with Crippen molar-refractivity contribution in [2.75, 3.05) is 19.5 Å². The van der Waals surface area contributed by atoms with Crippen LogP contribution in [-0.2, 0) is 11.3 Å². The highest BCUT2D eigenvalue weighted by Crippen LogP contribution is 2.15. The van der Waals surface area contributed by atoms with Crippen LogP contribution in [0.3, 0.4) is 0 Å². The van der Waals surface area contributed by atoms with Crippen LogP contribution in [-0.4, -0.2) is 39.5 Å². The van der Waals surface area contributed by atoms with E-state index in [1.807, 2.05) is 0 Å². The van der Waals surface area contributed by atoms with Gasteiger partial charge < -0.3 is 15.6 Å². The highest BCUT2D eigenvalue weighted by molar-refractivity contribution is 7.16. The zero-order valence-corrected chi connectivity index (χ0v) is 10.7. The summed E-state index contributed by atoms with van der Waals surface area (Å²) in [7, 11) is 1.52. The van der Waals surface area contributed by atoms with E-state index in [2.05, 4.69) is 9.97 Å². The van der Waals surface area contributed by atoms with Crippen LogP contribution in [0.15, 0.2) is 11.0 Å². The number of nitrogens with zero attached hydrogens (tertiary/aromatic N) is 3. The second-order valence-electron chi connectivity index (χ2n) is 3.76. The number of hydrogen-bond donors (Lipinski definition) is 2. The highest BCUT2D eigenvalue weighted by atomic mass is 32.1. The second-order valence-corrected chi connectivity index (χ2v) is 4.76. The number of aryl methyl sites for hydroxylation is 1. The molecule has 2 rings (SSSR count). The lowest BCUT2D eigenvalue weighted by atomic mass is 10.2. The molecule has 0 aliphatic carbocycles. The molecule has 0 aliphatic rings. The summed E-state index contributed by atoms with van der Waals surface area (Å²) in [4.78, 5) is 19.6. The van der Waals surface area contributed by atoms with Crippen molar-refractivity contribution in [3.8, 4) is 0 Å². The third-order valence-electron chi connectivity index (χ3n) is 2.64. The van der Waals surface area contributed by atoms with Crippen molar-refractivity contribution < 1.29 is 9.84 Å². The maximum atomic E-state index is 11.8. The van der Waals surface area contributed by atoms with Gasteiger partial charge in [-0.25, -0.2) is 4.98 Å². The number of anilines is 1. The smallest absolute Gasteiger partial charge is 0.309 e. The molecule has 0 aliphatic heterocycles. The summed E-state index contributed by atoms with van der Waals surface area (Å²) >= 11 is 1.08. The van der Waals surface area contributed by atoms with Crippen LogP contribution in [0.5, 0.6) is 0 Å². The molecular formula is C10H14N4O3S. The molecule has 0 radical (unpaired) electrons. The summed E-state index contributed by atoms with van der Waals surface area (Å²) in [6.45, 7) is 0.346. The van der Waals surface area contributed by atoms with Crippen molar-refractivity contribution in [2.24, 2.45) is 0 Å². The number of hydrogen-bond acceptors (Lipinski definition) is 7. The monoisotopic (exact) mass is 270 g/mol. The van der Waals surface area contributed by atoms with Gasteiger partial charge in [0.05, 0.1) is 23.6 Å². The van der Waals surface area contributed by atoms with E-state index < -0.39 is 0 Å². The minimum absolute atomic E-state index is 0.0789. The zero-order valence-electron chi connectivity index (χ0n) is 9.87. The molecule has 0 amide bonds. The van der Waals surface area contributed by atoms with Crippen molar-refractivity contribution in [1.82, 2.24) is 14.5 Å². The predicted molar refractivity (Wildman–Crippen MR) is 68.6 cm³/mol. The van der Waals surface area contributed by atoms with Gasteiger partial charge >= 0.3 is 4.87 Å². The van der Waals surface area contributed by atoms with Gasteiger partial charge in [-0.15, -0.1) is 0 Å². The molecule has 8 heteroatoms. The van der Waals surface area contributed by atoms with Gasteiger partial charge in [0, 0.05) is 13.7 Å². The van der Waals surface area contributed by atoms with Gasteiger partial charge in [-0.2, -0.15) is 4.98 Å². The fourth-order valence-corrected chi connectivity index (χ4v) is 2.46. The van der Waals surface area contributed by atoms with E-state index >= 15 is 0 Å². The van der Waals surface area contributed by atoms with Crippen molar-refractivity contribution in [3.05, 3.63) is 15.9 Å². The normalized spacial score (nSPS) is 13.0. The number of nitrogens with two attached hydrogens (primary N) is 1. The molecule has 2 aromatic heterocycles. The Morgan fingerprint density at radius 3 is 3.11 bits per heavy atom. The Labute approximate surface area is 107 Å². The van der Waals surface area contributed by atoms with Gasteiger partial charge in [0.15, 0.2) is 5.65 Å². The first kappa shape index (κ1) is 12.9. The molecule has 3 N–H and O–H groups in total. The molecule has 18 heavy (non-hydrogen) atoms. The van der Waals surface area contributed by atoms with Crippen molar-refractivity contribution in [1.29, 1.82) is 0 Å². The minimum Gasteiger partial charge on any atom is -0.394 e. The number of aromatic nitrogens is 3. The second kappa shape index (κ2) is 5.42. The Balaban J connectivity index is 2.29. The quantitative estimate of drug-likeness (QED) is 0.782. The van der Waals surface area contributed by atoms with E-state index in [-0.39, 0.29) is 23.5 Å². The molecule has 0 spiro atoms. The van der Waals surface area contributed by atoms with Crippen molar-refractivity contribution in [2.45, 2.75) is 19.1 Å². The molecule has 2 heterocycles. The zero-order chi connectivity index (χ0) is 13.1. The molecule has 98 valence electrons. The Morgan fingerprint density at radius 2 is 2.44 bits per heavy atom. The van der Waals surface area contributed by atoms with E-state index in [4.69, 9.17) is 15.6 Å². The van der Waals surface area contributed by atoms with Crippen molar-refractivity contribution >= 4 is 27.6 Å². The fourth-order valence-electron chi connectivity index (χ4n) is 1.63. The van der Waals surface area contributed by atoms with Crippen LogP contribution in [0.1, 0.15) is 6.42 Å². The largest absolute Gasteiger partial charge is 0.394 e. The molecule has 1 unspecified atom stereocenters. The molecule has 0 saturated carbocycles. The molecule has 0 bridgehead atoms. The highest BCUT2D eigenvalue weighted by Gasteiger charge is 2.12. The molecule has 0 fully saturated rings. The number of ether oxygens (including phenoxy) is 1. The van der Waals surface area contributed by atoms with E-state index in [0.717, 1.165) is 11.3 Å². The van der Waals surface area contributed by atoms with Gasteiger partial charge in [-0.1, -0.05) is 11.3 Å². The molecular weight excluding hydrogens is 256 g/mol. The van der Waals surface area contributed by atoms with Crippen LogP contribution < -0.4 is 10.6 Å². The topological polar surface area (TPSA) is 103 Å². The average molecular weight is 270 g/mol. The SMILES string of the molecule is COC(CO)CCn1c(=O)sc2cnc(N)nc21. The summed E-state index contributed by atoms with van der Waals surface area (Å²) in [6, 6.07) is 0. The first-order chi connectivity index (χ1) is 8.65. The minimum atomic E-state index is -0.286. The summed E-state index contributed by atoms with van der Waals surface area (Å²) in [5, 5.41) is 9.03. The summed E-state index contributed by atoms with van der Waals surface area (Å²) < 4.78 is 7.28. The number of fused-ring (bicyclic) bond motifs is 1. The van der Waals surface area contributed by atoms with E-state index in [9.17, 15) is 4.79 Å². The van der Waals surface area contributed by atoms with Crippen LogP contribution in [0.25, 0.3) is 10.3 Å². The van der Waals surface area contributed by atoms with Crippen LogP contribution in [0.4, 0.5) is 5.95 Å². The van der Waals surface area contributed by atoms with E-state index in [1.165, 1.54) is 11.7 Å². The summed E-state index contributed by atoms with van der Waals surface area (Å²) in [5.74, 6) is 0.138. The van der Waals surface area contributed by atoms with Gasteiger partial charge in [-0.05, 0) is 6.42 Å². The van der Waals surface area contributed by atoms with Crippen LogP contribution >= 0.6 is 11.3 Å². The third-order valence-corrected chi connectivity index (χ3v) is 3.54. The summed E-state index contributed by atoms with van der Waals surface area (Å²) in [5.41, 5.74) is 6.05. The maximum Gasteiger partial charge on any atom is 0.309 e. The van der Waals surface area contributed by atoms with Crippen LogP contribution in [0.2, 0.25) is 0 Å². The lowest BCUT2D eigenvalue weighted by molar-refractivity contribution is 0.0404. The van der Waals surface area contributed by atoms with Gasteiger partial charge in [0.2, 0.25) is 5.95 Å². The number of thiazole rings is 1. The number of nitrogen functional groups attached to an aromatic ring is 1. The number of methoxy groups -OCH3 is 1. The molecule has 7 nitrogen and oxygen atoms in total. The molecule has 0 aromatic carbocycles. The summed E-state index contributed by atoms with van der Waals surface area (Å²) in [6.07, 6.45) is 1.79. The molecule has 1 atom stereocenters. The Hall–Kier alpha value is -1.51. The predicted octanol–water partition coefficient (Wildman–Crippen LogP) is -0.167. The van der Waals surface area contributed by atoms with Crippen molar-refractivity contribution in [3.63, 3.8) is 0 Å². The van der Waals surface area contributed by atoms with Gasteiger partial charge in [0.25, 0.3) is 0 Å². The average Bonchev–Trinajstić information content (AvgIpc) is 2.66. The van der Waals surface area contributed by atoms with Crippen LogP contribution in [0, 0.1) is 0 Å².